The van der Waals surface area contributed by atoms with Gasteiger partial charge in [-0.1, -0.05) is 20.8 Å². The maximum atomic E-state index is 11.0. The molecule has 0 bridgehead atoms. The Morgan fingerprint density at radius 3 is 2.30 bits per heavy atom. The van der Waals surface area contributed by atoms with E-state index in [9.17, 15) is 4.21 Å². The number of rotatable bonds is 9. The fourth-order valence-corrected chi connectivity index (χ4v) is 2.20. The van der Waals surface area contributed by atoms with Crippen molar-refractivity contribution in [2.45, 2.75) is 39.5 Å². The third-order valence-corrected chi connectivity index (χ3v) is 3.59. The second-order valence-corrected chi connectivity index (χ2v) is 6.69. The molecule has 0 aliphatic rings. The highest BCUT2D eigenvalue weighted by Crippen LogP contribution is 2.17. The van der Waals surface area contributed by atoms with Crippen LogP contribution in [0.25, 0.3) is 0 Å². The second-order valence-electron chi connectivity index (χ2n) is 5.14. The van der Waals surface area contributed by atoms with Crippen molar-refractivity contribution in [1.29, 1.82) is 0 Å². The van der Waals surface area contributed by atoms with Crippen LogP contribution < -0.4 is 10.6 Å². The average Bonchev–Trinajstić information content (AvgIpc) is 2.41. The SMILES string of the molecule is CCCNc1cc(NCCCS(C)=O)nc(C(C)C)n1. The summed E-state index contributed by atoms with van der Waals surface area (Å²) >= 11 is 0. The Hall–Kier alpha value is -1.17. The maximum absolute atomic E-state index is 11.0. The first-order chi connectivity index (χ1) is 9.52. The zero-order valence-corrected chi connectivity index (χ0v) is 13.7. The zero-order chi connectivity index (χ0) is 15.0. The minimum absolute atomic E-state index is 0.294. The highest BCUT2D eigenvalue weighted by molar-refractivity contribution is 7.84. The molecule has 6 heteroatoms. The lowest BCUT2D eigenvalue weighted by molar-refractivity contribution is 0.685. The molecule has 5 nitrogen and oxygen atoms in total. The van der Waals surface area contributed by atoms with Gasteiger partial charge in [-0.25, -0.2) is 9.97 Å². The molecule has 0 aliphatic heterocycles. The summed E-state index contributed by atoms with van der Waals surface area (Å²) in [6.07, 6.45) is 3.67. The fourth-order valence-electron chi connectivity index (χ4n) is 1.65. The van der Waals surface area contributed by atoms with Crippen LogP contribution in [-0.4, -0.2) is 39.3 Å². The Labute approximate surface area is 124 Å². The van der Waals surface area contributed by atoms with Gasteiger partial charge < -0.3 is 10.6 Å². The monoisotopic (exact) mass is 298 g/mol. The second kappa shape index (κ2) is 8.89. The minimum Gasteiger partial charge on any atom is -0.370 e. The Morgan fingerprint density at radius 2 is 1.80 bits per heavy atom. The summed E-state index contributed by atoms with van der Waals surface area (Å²) in [6, 6.07) is 1.93. The minimum atomic E-state index is -0.729. The van der Waals surface area contributed by atoms with Crippen molar-refractivity contribution >= 4 is 22.4 Å². The van der Waals surface area contributed by atoms with Gasteiger partial charge in [0.1, 0.15) is 17.5 Å². The number of nitrogens with one attached hydrogen (secondary N) is 2. The van der Waals surface area contributed by atoms with Gasteiger partial charge in [-0.05, 0) is 12.8 Å². The lowest BCUT2D eigenvalue weighted by Crippen LogP contribution is -2.11. The smallest absolute Gasteiger partial charge is 0.135 e. The molecule has 0 radical (unpaired) electrons. The average molecular weight is 298 g/mol. The van der Waals surface area contributed by atoms with Crippen molar-refractivity contribution in [2.75, 3.05) is 35.7 Å². The lowest BCUT2D eigenvalue weighted by Gasteiger charge is -2.12. The summed E-state index contributed by atoms with van der Waals surface area (Å²) in [4.78, 5) is 9.04. The van der Waals surface area contributed by atoms with E-state index in [1.807, 2.05) is 6.07 Å². The Balaban J connectivity index is 2.67. The third kappa shape index (κ3) is 6.32. The molecule has 0 spiro atoms. The summed E-state index contributed by atoms with van der Waals surface area (Å²) in [5.41, 5.74) is 0. The molecule has 1 unspecified atom stereocenters. The first-order valence-electron chi connectivity index (χ1n) is 7.19. The van der Waals surface area contributed by atoms with Gasteiger partial charge in [0.2, 0.25) is 0 Å². The molecule has 1 aromatic heterocycles. The molecule has 1 rings (SSSR count). The molecule has 20 heavy (non-hydrogen) atoms. The van der Waals surface area contributed by atoms with Crippen LogP contribution in [0.5, 0.6) is 0 Å². The van der Waals surface area contributed by atoms with Crippen molar-refractivity contribution in [3.63, 3.8) is 0 Å². The van der Waals surface area contributed by atoms with Crippen molar-refractivity contribution in [3.05, 3.63) is 11.9 Å². The van der Waals surface area contributed by atoms with Gasteiger partial charge in [0.25, 0.3) is 0 Å². The molecule has 0 saturated heterocycles. The van der Waals surface area contributed by atoms with E-state index in [1.54, 1.807) is 6.26 Å². The quantitative estimate of drug-likeness (QED) is 0.686. The zero-order valence-electron chi connectivity index (χ0n) is 12.9. The molecule has 114 valence electrons. The van der Waals surface area contributed by atoms with Gasteiger partial charge in [0.15, 0.2) is 0 Å². The summed E-state index contributed by atoms with van der Waals surface area (Å²) < 4.78 is 11.0. The Morgan fingerprint density at radius 1 is 1.20 bits per heavy atom. The van der Waals surface area contributed by atoms with Crippen LogP contribution in [0.15, 0.2) is 6.07 Å². The first kappa shape index (κ1) is 16.9. The molecule has 1 aromatic rings. The van der Waals surface area contributed by atoms with E-state index in [2.05, 4.69) is 41.4 Å². The molecule has 0 aromatic carbocycles. The Bertz CT molecular complexity index is 437. The van der Waals surface area contributed by atoms with Gasteiger partial charge in [0, 0.05) is 47.9 Å². The summed E-state index contributed by atoms with van der Waals surface area (Å²) in [7, 11) is -0.729. The molecular weight excluding hydrogens is 272 g/mol. The van der Waals surface area contributed by atoms with Crippen molar-refractivity contribution in [1.82, 2.24) is 9.97 Å². The highest BCUT2D eigenvalue weighted by atomic mass is 32.2. The summed E-state index contributed by atoms with van der Waals surface area (Å²) in [5, 5.41) is 6.59. The highest BCUT2D eigenvalue weighted by Gasteiger charge is 2.07. The Kier molecular flexibility index (Phi) is 7.51. The number of hydrogen-bond acceptors (Lipinski definition) is 5. The number of hydrogen-bond donors (Lipinski definition) is 2. The van der Waals surface area contributed by atoms with Gasteiger partial charge in [-0.2, -0.15) is 0 Å². The lowest BCUT2D eigenvalue weighted by atomic mass is 10.2. The van der Waals surface area contributed by atoms with E-state index < -0.39 is 10.8 Å². The predicted molar refractivity (Wildman–Crippen MR) is 86.9 cm³/mol. The molecular formula is C14H26N4OS. The topological polar surface area (TPSA) is 66.9 Å². The van der Waals surface area contributed by atoms with E-state index in [0.29, 0.717) is 5.92 Å². The molecule has 0 amide bonds. The van der Waals surface area contributed by atoms with Gasteiger partial charge in [-0.15, -0.1) is 0 Å². The maximum Gasteiger partial charge on any atom is 0.135 e. The van der Waals surface area contributed by atoms with Crippen LogP contribution in [0.3, 0.4) is 0 Å². The number of nitrogens with zero attached hydrogens (tertiary/aromatic N) is 2. The third-order valence-electron chi connectivity index (χ3n) is 2.73. The molecule has 2 N–H and O–H groups in total. The number of anilines is 2. The van der Waals surface area contributed by atoms with Crippen molar-refractivity contribution in [3.8, 4) is 0 Å². The van der Waals surface area contributed by atoms with Crippen LogP contribution in [0, 0.1) is 0 Å². The van der Waals surface area contributed by atoms with E-state index in [0.717, 1.165) is 49.1 Å². The van der Waals surface area contributed by atoms with E-state index >= 15 is 0 Å². The fraction of sp³-hybridized carbons (Fsp3) is 0.714. The molecule has 1 heterocycles. The molecule has 0 fully saturated rings. The van der Waals surface area contributed by atoms with Crippen LogP contribution >= 0.6 is 0 Å². The van der Waals surface area contributed by atoms with Crippen LogP contribution in [0.2, 0.25) is 0 Å². The standard InChI is InChI=1S/C14H26N4OS/c1-5-7-15-12-10-13(16-8-6-9-20(4)19)18-14(17-12)11(2)3/h10-11H,5-9H2,1-4H3,(H2,15,16,17,18). The number of aromatic nitrogens is 2. The summed E-state index contributed by atoms with van der Waals surface area (Å²) in [6.45, 7) is 7.98. The van der Waals surface area contributed by atoms with Gasteiger partial charge in [0.05, 0.1) is 0 Å². The van der Waals surface area contributed by atoms with Crippen LogP contribution in [0.4, 0.5) is 11.6 Å². The van der Waals surface area contributed by atoms with Gasteiger partial charge in [-0.3, -0.25) is 4.21 Å². The van der Waals surface area contributed by atoms with E-state index in [-0.39, 0.29) is 0 Å². The largest absolute Gasteiger partial charge is 0.370 e. The molecule has 0 aliphatic carbocycles. The van der Waals surface area contributed by atoms with Crippen LogP contribution in [0.1, 0.15) is 45.4 Å². The van der Waals surface area contributed by atoms with E-state index in [1.165, 1.54) is 0 Å². The van der Waals surface area contributed by atoms with Crippen LogP contribution in [-0.2, 0) is 10.8 Å². The van der Waals surface area contributed by atoms with E-state index in [4.69, 9.17) is 0 Å². The summed E-state index contributed by atoms with van der Waals surface area (Å²) in [5.74, 6) is 3.56. The predicted octanol–water partition coefficient (Wildman–Crippen LogP) is 2.60. The van der Waals surface area contributed by atoms with Crippen molar-refractivity contribution in [2.24, 2.45) is 0 Å². The first-order valence-corrected chi connectivity index (χ1v) is 8.92. The normalized spacial score (nSPS) is 12.4. The van der Waals surface area contributed by atoms with Gasteiger partial charge >= 0.3 is 0 Å². The molecule has 0 saturated carbocycles. The van der Waals surface area contributed by atoms with Crippen molar-refractivity contribution < 1.29 is 4.21 Å². The molecule has 1 atom stereocenters.